The number of benzene rings is 1. The lowest BCUT2D eigenvalue weighted by molar-refractivity contribution is -0.386. The number of hydrogen-bond donors (Lipinski definition) is 1. The summed E-state index contributed by atoms with van der Waals surface area (Å²) >= 11 is 0. The van der Waals surface area contributed by atoms with Crippen molar-refractivity contribution >= 4 is 5.69 Å². The van der Waals surface area contributed by atoms with Crippen molar-refractivity contribution in [1.29, 1.82) is 0 Å². The van der Waals surface area contributed by atoms with Crippen LogP contribution in [0.2, 0.25) is 0 Å². The molecule has 0 amide bonds. The van der Waals surface area contributed by atoms with Crippen LogP contribution in [0.15, 0.2) is 12.1 Å². The minimum Gasteiger partial charge on any atom is -0.441 e. The van der Waals surface area contributed by atoms with Crippen LogP contribution in [-0.4, -0.2) is 23.6 Å². The average Bonchev–Trinajstić information content (AvgIpc) is 2.35. The second-order valence-electron chi connectivity index (χ2n) is 7.28. The number of rotatable bonds is 4. The van der Waals surface area contributed by atoms with Crippen LogP contribution in [0.4, 0.5) is 5.69 Å². The highest BCUT2D eigenvalue weighted by Gasteiger charge is 2.31. The van der Waals surface area contributed by atoms with Crippen LogP contribution in [0.5, 0.6) is 5.75 Å². The van der Waals surface area contributed by atoms with Gasteiger partial charge in [0.05, 0.1) is 11.0 Å². The van der Waals surface area contributed by atoms with Crippen molar-refractivity contribution in [2.45, 2.75) is 58.8 Å². The lowest BCUT2D eigenvalue weighted by Crippen LogP contribution is -2.23. The zero-order valence-corrected chi connectivity index (χ0v) is 14.3. The van der Waals surface area contributed by atoms with Crippen molar-refractivity contribution in [2.24, 2.45) is 0 Å². The van der Waals surface area contributed by atoms with Crippen LogP contribution in [0, 0.1) is 10.1 Å². The molecule has 124 valence electrons. The van der Waals surface area contributed by atoms with Gasteiger partial charge in [0.15, 0.2) is 0 Å². The summed E-state index contributed by atoms with van der Waals surface area (Å²) < 4.78 is 9.99. The van der Waals surface area contributed by atoms with E-state index in [-0.39, 0.29) is 22.3 Å². The first-order chi connectivity index (χ1) is 9.87. The number of nitrogens with zero attached hydrogens (tertiary/aromatic N) is 1. The van der Waals surface area contributed by atoms with E-state index >= 15 is 0 Å². The van der Waals surface area contributed by atoms with E-state index in [1.165, 1.54) is 13.2 Å². The Kier molecular flexibility index (Phi) is 5.20. The molecule has 1 rings (SSSR count). The molecular formula is C16H25NO5. The third kappa shape index (κ3) is 4.18. The molecule has 0 fully saturated rings. The van der Waals surface area contributed by atoms with E-state index in [1.54, 1.807) is 6.07 Å². The maximum absolute atomic E-state index is 11.4. The Hall–Kier alpha value is -1.66. The number of nitro groups is 1. The normalized spacial score (nSPS) is 13.8. The highest BCUT2D eigenvalue weighted by molar-refractivity contribution is 5.55. The number of aliphatic hydroxyl groups excluding tert-OH is 1. The van der Waals surface area contributed by atoms with E-state index in [4.69, 9.17) is 4.74 Å². The topological polar surface area (TPSA) is 81.8 Å². The number of aliphatic hydroxyl groups is 1. The summed E-state index contributed by atoms with van der Waals surface area (Å²) in [4.78, 5) is 11.0. The molecule has 22 heavy (non-hydrogen) atoms. The third-order valence-corrected chi connectivity index (χ3v) is 3.34. The Bertz CT molecular complexity index is 555. The molecule has 6 heteroatoms. The van der Waals surface area contributed by atoms with Gasteiger partial charge in [-0.3, -0.25) is 10.1 Å². The predicted octanol–water partition coefficient (Wildman–Crippen LogP) is 3.49. The first kappa shape index (κ1) is 18.4. The number of ether oxygens (including phenoxy) is 2. The van der Waals surface area contributed by atoms with Crippen LogP contribution in [0.25, 0.3) is 0 Å². The molecule has 0 aliphatic heterocycles. The average molecular weight is 311 g/mol. The smallest absolute Gasteiger partial charge is 0.313 e. The fraction of sp³-hybridized carbons (Fsp3) is 0.625. The van der Waals surface area contributed by atoms with Crippen molar-refractivity contribution in [2.75, 3.05) is 7.11 Å². The zero-order chi connectivity index (χ0) is 17.3. The SMILES string of the molecule is COC(O)Oc1cc([N+](=O)[O-])c(C(C)(C)C)cc1C(C)(C)C. The summed E-state index contributed by atoms with van der Waals surface area (Å²) in [5.74, 6) is 0.251. The van der Waals surface area contributed by atoms with Gasteiger partial charge < -0.3 is 14.6 Å². The van der Waals surface area contributed by atoms with Crippen LogP contribution in [0.3, 0.4) is 0 Å². The second kappa shape index (κ2) is 6.22. The van der Waals surface area contributed by atoms with Crippen molar-refractivity contribution in [3.63, 3.8) is 0 Å². The number of methoxy groups -OCH3 is 1. The van der Waals surface area contributed by atoms with Gasteiger partial charge in [-0.1, -0.05) is 41.5 Å². The summed E-state index contributed by atoms with van der Waals surface area (Å²) in [7, 11) is 1.29. The van der Waals surface area contributed by atoms with Gasteiger partial charge in [0.2, 0.25) is 0 Å². The van der Waals surface area contributed by atoms with Gasteiger partial charge in [0.25, 0.3) is 5.69 Å². The molecule has 0 radical (unpaired) electrons. The Morgan fingerprint density at radius 1 is 1.09 bits per heavy atom. The van der Waals surface area contributed by atoms with Crippen LogP contribution >= 0.6 is 0 Å². The first-order valence-electron chi connectivity index (χ1n) is 7.09. The maximum atomic E-state index is 11.4. The van der Waals surface area contributed by atoms with Gasteiger partial charge in [0.1, 0.15) is 5.75 Å². The molecule has 0 saturated heterocycles. The van der Waals surface area contributed by atoms with Crippen molar-refractivity contribution < 1.29 is 19.5 Å². The van der Waals surface area contributed by atoms with Gasteiger partial charge in [-0.25, -0.2) is 0 Å². The Morgan fingerprint density at radius 2 is 1.59 bits per heavy atom. The van der Waals surface area contributed by atoms with Gasteiger partial charge in [0, 0.05) is 18.2 Å². The summed E-state index contributed by atoms with van der Waals surface area (Å²) in [5.41, 5.74) is 0.679. The third-order valence-electron chi connectivity index (χ3n) is 3.34. The molecule has 6 nitrogen and oxygen atoms in total. The number of hydrogen-bond acceptors (Lipinski definition) is 5. The molecule has 0 aliphatic carbocycles. The van der Waals surface area contributed by atoms with Crippen LogP contribution in [0.1, 0.15) is 52.7 Å². The minimum absolute atomic E-state index is 0.0289. The van der Waals surface area contributed by atoms with E-state index in [2.05, 4.69) is 4.74 Å². The molecule has 1 aromatic rings. The summed E-state index contributed by atoms with van der Waals surface area (Å²) in [6.45, 7) is 10.2. The Labute approximate surface area is 131 Å². The molecule has 0 aromatic heterocycles. The second-order valence-corrected chi connectivity index (χ2v) is 7.28. The minimum atomic E-state index is -1.47. The van der Waals surface area contributed by atoms with E-state index in [1.807, 2.05) is 41.5 Å². The highest BCUT2D eigenvalue weighted by Crippen LogP contribution is 2.41. The Morgan fingerprint density at radius 3 is 1.95 bits per heavy atom. The fourth-order valence-corrected chi connectivity index (χ4v) is 2.16. The number of nitro benzene ring substituents is 1. The standard InChI is InChI=1S/C16H25NO5/c1-15(2,3)10-8-11(16(4,5)6)13(22-14(18)21-7)9-12(10)17(19)20/h8-9,14,18H,1-7H3. The molecule has 0 bridgehead atoms. The van der Waals surface area contributed by atoms with E-state index in [0.717, 1.165) is 5.56 Å². The molecule has 1 atom stereocenters. The molecule has 1 N–H and O–H groups in total. The van der Waals surface area contributed by atoms with Gasteiger partial charge >= 0.3 is 6.48 Å². The first-order valence-corrected chi connectivity index (χ1v) is 7.09. The molecule has 1 unspecified atom stereocenters. The monoisotopic (exact) mass is 311 g/mol. The fourth-order valence-electron chi connectivity index (χ4n) is 2.16. The molecule has 0 saturated carbocycles. The van der Waals surface area contributed by atoms with Crippen molar-refractivity contribution in [3.8, 4) is 5.75 Å². The van der Waals surface area contributed by atoms with Gasteiger partial charge in [-0.15, -0.1) is 0 Å². The van der Waals surface area contributed by atoms with E-state index in [9.17, 15) is 15.2 Å². The lowest BCUT2D eigenvalue weighted by atomic mass is 9.79. The largest absolute Gasteiger partial charge is 0.441 e. The van der Waals surface area contributed by atoms with Gasteiger partial charge in [-0.2, -0.15) is 0 Å². The molecule has 0 aliphatic rings. The summed E-state index contributed by atoms with van der Waals surface area (Å²) in [6.07, 6.45) is 0. The van der Waals surface area contributed by atoms with Crippen molar-refractivity contribution in [1.82, 2.24) is 0 Å². The Balaban J connectivity index is 3.62. The molecule has 1 aromatic carbocycles. The van der Waals surface area contributed by atoms with Gasteiger partial charge in [-0.05, 0) is 16.9 Å². The summed E-state index contributed by atoms with van der Waals surface area (Å²) in [6, 6.07) is 3.15. The summed E-state index contributed by atoms with van der Waals surface area (Å²) in [5, 5.41) is 20.9. The van der Waals surface area contributed by atoms with E-state index in [0.29, 0.717) is 5.56 Å². The maximum Gasteiger partial charge on any atom is 0.313 e. The quantitative estimate of drug-likeness (QED) is 0.523. The van der Waals surface area contributed by atoms with E-state index < -0.39 is 11.4 Å². The predicted molar refractivity (Wildman–Crippen MR) is 84.1 cm³/mol. The zero-order valence-electron chi connectivity index (χ0n) is 14.3. The van der Waals surface area contributed by atoms with Crippen LogP contribution in [-0.2, 0) is 15.6 Å². The molecular weight excluding hydrogens is 286 g/mol. The highest BCUT2D eigenvalue weighted by atomic mass is 16.8. The van der Waals surface area contributed by atoms with Crippen LogP contribution < -0.4 is 4.74 Å². The lowest BCUT2D eigenvalue weighted by Gasteiger charge is -2.27. The molecule has 0 heterocycles. The van der Waals surface area contributed by atoms with Crippen molar-refractivity contribution in [3.05, 3.63) is 33.4 Å². The molecule has 0 spiro atoms.